The molecule has 3 rings (SSSR count). The molecule has 0 atom stereocenters. The smallest absolute Gasteiger partial charge is 0.250 e. The van der Waals surface area contributed by atoms with Crippen LogP contribution in [-0.2, 0) is 4.79 Å². The summed E-state index contributed by atoms with van der Waals surface area (Å²) in [4.78, 5) is 28.2. The van der Waals surface area contributed by atoms with Crippen LogP contribution < -0.4 is 15.8 Å². The van der Waals surface area contributed by atoms with Crippen molar-refractivity contribution in [2.24, 2.45) is 5.73 Å². The molecule has 148 valence electrons. The van der Waals surface area contributed by atoms with Crippen molar-refractivity contribution in [3.8, 4) is 5.75 Å². The summed E-state index contributed by atoms with van der Waals surface area (Å²) in [5.41, 5.74) is 6.12. The van der Waals surface area contributed by atoms with E-state index in [0.717, 1.165) is 38.5 Å². The second kappa shape index (κ2) is 9.87. The summed E-state index contributed by atoms with van der Waals surface area (Å²) >= 11 is 0. The maximum absolute atomic E-state index is 12.3. The summed E-state index contributed by atoms with van der Waals surface area (Å²) in [6.45, 7) is 5.22. The van der Waals surface area contributed by atoms with Gasteiger partial charge in [0, 0.05) is 32.7 Å². The molecule has 0 aliphatic carbocycles. The molecule has 1 saturated heterocycles. The van der Waals surface area contributed by atoms with E-state index in [-0.39, 0.29) is 5.91 Å². The molecule has 1 aliphatic rings. The average molecular weight is 382 g/mol. The molecule has 7 heteroatoms. The second-order valence-corrected chi connectivity index (χ2v) is 6.74. The summed E-state index contributed by atoms with van der Waals surface area (Å²) in [6, 6.07) is 16.6. The summed E-state index contributed by atoms with van der Waals surface area (Å²) in [7, 11) is 0. The molecule has 0 unspecified atom stereocenters. The van der Waals surface area contributed by atoms with Crippen LogP contribution in [0.1, 0.15) is 10.4 Å². The molecule has 1 heterocycles. The number of hydrogen-bond donors (Lipinski definition) is 2. The van der Waals surface area contributed by atoms with Gasteiger partial charge in [0.05, 0.1) is 17.8 Å². The fourth-order valence-electron chi connectivity index (χ4n) is 3.18. The van der Waals surface area contributed by atoms with Crippen LogP contribution in [-0.4, -0.2) is 67.5 Å². The molecule has 1 fully saturated rings. The maximum atomic E-state index is 12.3. The fraction of sp³-hybridized carbons (Fsp3) is 0.333. The standard InChI is InChI=1S/C21H26N4O3/c22-21(27)18-8-4-5-9-19(18)23-20(26)16-25-12-10-24(11-13-25)14-15-28-17-6-2-1-3-7-17/h1-9H,10-16H2,(H2,22,27)(H,23,26). The largest absolute Gasteiger partial charge is 0.492 e. The highest BCUT2D eigenvalue weighted by Crippen LogP contribution is 2.14. The normalized spacial score (nSPS) is 15.1. The summed E-state index contributed by atoms with van der Waals surface area (Å²) in [6.07, 6.45) is 0. The number of amides is 2. The number of anilines is 1. The first-order chi connectivity index (χ1) is 13.6. The van der Waals surface area contributed by atoms with E-state index in [1.807, 2.05) is 30.3 Å². The van der Waals surface area contributed by atoms with E-state index in [4.69, 9.17) is 10.5 Å². The first kappa shape index (κ1) is 19.9. The molecular formula is C21H26N4O3. The Morgan fingerprint density at radius 2 is 1.57 bits per heavy atom. The zero-order valence-electron chi connectivity index (χ0n) is 15.8. The fourth-order valence-corrected chi connectivity index (χ4v) is 3.18. The minimum Gasteiger partial charge on any atom is -0.492 e. The molecule has 2 aromatic rings. The third-order valence-electron chi connectivity index (χ3n) is 4.72. The van der Waals surface area contributed by atoms with E-state index in [2.05, 4.69) is 15.1 Å². The van der Waals surface area contributed by atoms with E-state index < -0.39 is 5.91 Å². The van der Waals surface area contributed by atoms with Gasteiger partial charge < -0.3 is 15.8 Å². The first-order valence-corrected chi connectivity index (χ1v) is 9.43. The van der Waals surface area contributed by atoms with Gasteiger partial charge in [0.2, 0.25) is 5.91 Å². The minimum absolute atomic E-state index is 0.144. The number of piperazine rings is 1. The number of rotatable bonds is 8. The van der Waals surface area contributed by atoms with Crippen LogP contribution in [0.5, 0.6) is 5.75 Å². The van der Waals surface area contributed by atoms with Gasteiger partial charge in [-0.3, -0.25) is 19.4 Å². The molecule has 0 spiro atoms. The third-order valence-corrected chi connectivity index (χ3v) is 4.72. The zero-order chi connectivity index (χ0) is 19.8. The van der Waals surface area contributed by atoms with Gasteiger partial charge in [0.25, 0.3) is 5.91 Å². The number of primary amides is 1. The first-order valence-electron chi connectivity index (χ1n) is 9.43. The van der Waals surface area contributed by atoms with Gasteiger partial charge in [-0.1, -0.05) is 30.3 Å². The highest BCUT2D eigenvalue weighted by molar-refractivity contribution is 6.03. The number of nitrogens with two attached hydrogens (primary N) is 1. The van der Waals surface area contributed by atoms with Crippen LogP contribution in [0.4, 0.5) is 5.69 Å². The highest BCUT2D eigenvalue weighted by atomic mass is 16.5. The molecule has 1 aliphatic heterocycles. The van der Waals surface area contributed by atoms with Crippen LogP contribution in [0, 0.1) is 0 Å². The van der Waals surface area contributed by atoms with E-state index >= 15 is 0 Å². The quantitative estimate of drug-likeness (QED) is 0.721. The molecule has 0 aromatic heterocycles. The Morgan fingerprint density at radius 3 is 2.29 bits per heavy atom. The van der Waals surface area contributed by atoms with Gasteiger partial charge in [0.15, 0.2) is 0 Å². The van der Waals surface area contributed by atoms with Crippen molar-refractivity contribution < 1.29 is 14.3 Å². The molecule has 0 radical (unpaired) electrons. The van der Waals surface area contributed by atoms with Gasteiger partial charge in [-0.05, 0) is 24.3 Å². The van der Waals surface area contributed by atoms with Crippen LogP contribution in [0.3, 0.4) is 0 Å². The van der Waals surface area contributed by atoms with E-state index in [1.54, 1.807) is 24.3 Å². The summed E-state index contributed by atoms with van der Waals surface area (Å²) in [5, 5.41) is 2.79. The Kier molecular flexibility index (Phi) is 7.00. The van der Waals surface area contributed by atoms with Crippen LogP contribution >= 0.6 is 0 Å². The van der Waals surface area contributed by atoms with E-state index in [1.165, 1.54) is 0 Å². The van der Waals surface area contributed by atoms with Crippen molar-refractivity contribution in [1.82, 2.24) is 9.80 Å². The minimum atomic E-state index is -0.553. The van der Waals surface area contributed by atoms with Crippen LogP contribution in [0.2, 0.25) is 0 Å². The number of hydrogen-bond acceptors (Lipinski definition) is 5. The lowest BCUT2D eigenvalue weighted by Gasteiger charge is -2.34. The number of carbonyl (C=O) groups is 2. The monoisotopic (exact) mass is 382 g/mol. The number of ether oxygens (including phenoxy) is 1. The Morgan fingerprint density at radius 1 is 0.929 bits per heavy atom. The Labute approximate surface area is 165 Å². The number of carbonyl (C=O) groups excluding carboxylic acids is 2. The lowest BCUT2D eigenvalue weighted by atomic mass is 10.1. The van der Waals surface area contributed by atoms with Gasteiger partial charge >= 0.3 is 0 Å². The number of para-hydroxylation sites is 2. The highest BCUT2D eigenvalue weighted by Gasteiger charge is 2.19. The molecule has 0 bridgehead atoms. The molecule has 3 N–H and O–H groups in total. The van der Waals surface area contributed by atoms with Crippen molar-refractivity contribution >= 4 is 17.5 Å². The van der Waals surface area contributed by atoms with Gasteiger partial charge in [-0.15, -0.1) is 0 Å². The lowest BCUT2D eigenvalue weighted by Crippen LogP contribution is -2.49. The third kappa shape index (κ3) is 5.80. The van der Waals surface area contributed by atoms with Crippen molar-refractivity contribution in [3.05, 3.63) is 60.2 Å². The maximum Gasteiger partial charge on any atom is 0.250 e. The summed E-state index contributed by atoms with van der Waals surface area (Å²) in [5.74, 6) is 0.186. The Bertz CT molecular complexity index is 789. The number of nitrogens with zero attached hydrogens (tertiary/aromatic N) is 2. The van der Waals surface area contributed by atoms with Crippen molar-refractivity contribution in [2.45, 2.75) is 0 Å². The number of nitrogens with one attached hydrogen (secondary N) is 1. The molecular weight excluding hydrogens is 356 g/mol. The molecule has 28 heavy (non-hydrogen) atoms. The van der Waals surface area contributed by atoms with E-state index in [0.29, 0.717) is 24.4 Å². The summed E-state index contributed by atoms with van der Waals surface area (Å²) < 4.78 is 5.74. The average Bonchev–Trinajstić information content (AvgIpc) is 2.70. The van der Waals surface area contributed by atoms with Crippen molar-refractivity contribution in [2.75, 3.05) is 51.2 Å². The van der Waals surface area contributed by atoms with Crippen molar-refractivity contribution in [1.29, 1.82) is 0 Å². The zero-order valence-corrected chi connectivity index (χ0v) is 15.8. The molecule has 7 nitrogen and oxygen atoms in total. The predicted molar refractivity (Wildman–Crippen MR) is 108 cm³/mol. The predicted octanol–water partition coefficient (Wildman–Crippen LogP) is 1.42. The number of benzene rings is 2. The SMILES string of the molecule is NC(=O)c1ccccc1NC(=O)CN1CCN(CCOc2ccccc2)CC1. The topological polar surface area (TPSA) is 87.9 Å². The van der Waals surface area contributed by atoms with Crippen LogP contribution in [0.15, 0.2) is 54.6 Å². The molecule has 2 amide bonds. The molecule has 0 saturated carbocycles. The van der Waals surface area contributed by atoms with Gasteiger partial charge in [-0.25, -0.2) is 0 Å². The second-order valence-electron chi connectivity index (χ2n) is 6.74. The van der Waals surface area contributed by atoms with Gasteiger partial charge in [-0.2, -0.15) is 0 Å². The van der Waals surface area contributed by atoms with Crippen LogP contribution in [0.25, 0.3) is 0 Å². The van der Waals surface area contributed by atoms with Gasteiger partial charge in [0.1, 0.15) is 12.4 Å². The molecule has 2 aromatic carbocycles. The Balaban J connectivity index is 1.38. The Hall–Kier alpha value is -2.90. The van der Waals surface area contributed by atoms with Crippen molar-refractivity contribution in [3.63, 3.8) is 0 Å². The van der Waals surface area contributed by atoms with E-state index in [9.17, 15) is 9.59 Å². The lowest BCUT2D eigenvalue weighted by molar-refractivity contribution is -0.117.